The van der Waals surface area contributed by atoms with Gasteiger partial charge in [0, 0.05) is 5.92 Å². The molecule has 0 unspecified atom stereocenters. The van der Waals surface area contributed by atoms with Crippen molar-refractivity contribution in [2.45, 2.75) is 26.7 Å². The molecular weight excluding hydrogens is 114 g/mol. The van der Waals surface area contributed by atoms with Crippen LogP contribution in [0.1, 0.15) is 31.2 Å². The summed E-state index contributed by atoms with van der Waals surface area (Å²) in [5.41, 5.74) is 0.832. The van der Waals surface area contributed by atoms with E-state index in [9.17, 15) is 0 Å². The van der Waals surface area contributed by atoms with Crippen LogP contribution in [0.2, 0.25) is 0 Å². The zero-order valence-corrected chi connectivity index (χ0v) is 5.93. The minimum absolute atomic E-state index is 0.395. The van der Waals surface area contributed by atoms with E-state index < -0.39 is 0 Å². The van der Waals surface area contributed by atoms with Gasteiger partial charge in [-0.15, -0.1) is 0 Å². The lowest BCUT2D eigenvalue weighted by Gasteiger charge is -1.92. The van der Waals surface area contributed by atoms with Gasteiger partial charge in [-0.3, -0.25) is 0 Å². The molecule has 49 valence electrons. The van der Waals surface area contributed by atoms with Crippen LogP contribution in [-0.2, 0) is 0 Å². The van der Waals surface area contributed by atoms with Crippen LogP contribution in [0.5, 0.6) is 0 Å². The summed E-state index contributed by atoms with van der Waals surface area (Å²) in [4.78, 5) is 0. The summed E-state index contributed by atoms with van der Waals surface area (Å²) in [7, 11) is 0. The quantitative estimate of drug-likeness (QED) is 0.571. The van der Waals surface area contributed by atoms with E-state index in [1.54, 1.807) is 0 Å². The SMILES string of the molecule is Cc1[c]c(C(C)C)on1. The topological polar surface area (TPSA) is 26.0 Å². The first kappa shape index (κ1) is 6.33. The molecule has 0 fully saturated rings. The first-order valence-electron chi connectivity index (χ1n) is 3.05. The molecule has 0 saturated carbocycles. The van der Waals surface area contributed by atoms with Crippen molar-refractivity contribution in [1.29, 1.82) is 0 Å². The van der Waals surface area contributed by atoms with E-state index in [4.69, 9.17) is 4.52 Å². The van der Waals surface area contributed by atoms with E-state index in [1.165, 1.54) is 0 Å². The molecule has 2 nitrogen and oxygen atoms in total. The Morgan fingerprint density at radius 2 is 2.22 bits per heavy atom. The van der Waals surface area contributed by atoms with Gasteiger partial charge in [0.15, 0.2) is 0 Å². The number of nitrogens with zero attached hydrogens (tertiary/aromatic N) is 1. The fourth-order valence-corrected chi connectivity index (χ4v) is 0.591. The Morgan fingerprint density at radius 3 is 2.44 bits per heavy atom. The Bertz CT molecular complexity index is 191. The van der Waals surface area contributed by atoms with Gasteiger partial charge < -0.3 is 4.52 Å². The van der Waals surface area contributed by atoms with Gasteiger partial charge in [-0.1, -0.05) is 19.0 Å². The van der Waals surface area contributed by atoms with Gasteiger partial charge >= 0.3 is 0 Å². The molecule has 1 aromatic rings. The minimum Gasteiger partial charge on any atom is -0.360 e. The van der Waals surface area contributed by atoms with E-state index in [1.807, 2.05) is 6.92 Å². The summed E-state index contributed by atoms with van der Waals surface area (Å²) in [6.07, 6.45) is 0. The Labute approximate surface area is 54.9 Å². The molecule has 9 heavy (non-hydrogen) atoms. The van der Waals surface area contributed by atoms with Crippen LogP contribution in [-0.4, -0.2) is 5.16 Å². The normalized spacial score (nSPS) is 10.7. The van der Waals surface area contributed by atoms with Crippen molar-refractivity contribution in [3.05, 3.63) is 17.5 Å². The zero-order chi connectivity index (χ0) is 6.85. The third kappa shape index (κ3) is 1.31. The highest BCUT2D eigenvalue weighted by Gasteiger charge is 2.04. The molecule has 0 N–H and O–H groups in total. The smallest absolute Gasteiger partial charge is 0.147 e. The van der Waals surface area contributed by atoms with Crippen molar-refractivity contribution < 1.29 is 4.52 Å². The average Bonchev–Trinajstić information content (AvgIpc) is 2.14. The van der Waals surface area contributed by atoms with Crippen molar-refractivity contribution in [3.63, 3.8) is 0 Å². The molecule has 0 aliphatic rings. The summed E-state index contributed by atoms with van der Waals surface area (Å²) < 4.78 is 4.92. The standard InChI is InChI=1S/C7H10NO/c1-5(2)7-4-6(3)8-9-7/h5H,1-3H3. The molecule has 1 radical (unpaired) electrons. The summed E-state index contributed by atoms with van der Waals surface area (Å²) in [5.74, 6) is 1.23. The van der Waals surface area contributed by atoms with E-state index in [0.29, 0.717) is 5.92 Å². The summed E-state index contributed by atoms with van der Waals surface area (Å²) >= 11 is 0. The molecule has 0 saturated heterocycles. The minimum atomic E-state index is 0.395. The van der Waals surface area contributed by atoms with E-state index >= 15 is 0 Å². The number of hydrogen-bond donors (Lipinski definition) is 0. The summed E-state index contributed by atoms with van der Waals surface area (Å²) in [5, 5.41) is 3.71. The maximum absolute atomic E-state index is 4.92. The third-order valence-electron chi connectivity index (χ3n) is 1.11. The highest BCUT2D eigenvalue weighted by Crippen LogP contribution is 2.12. The lowest BCUT2D eigenvalue weighted by Crippen LogP contribution is -1.80. The van der Waals surface area contributed by atoms with Crippen LogP contribution >= 0.6 is 0 Å². The third-order valence-corrected chi connectivity index (χ3v) is 1.11. The Balaban J connectivity index is 2.85. The van der Waals surface area contributed by atoms with Gasteiger partial charge in [-0.2, -0.15) is 0 Å². The number of rotatable bonds is 1. The van der Waals surface area contributed by atoms with E-state index in [-0.39, 0.29) is 0 Å². The fraction of sp³-hybridized carbons (Fsp3) is 0.571. The van der Waals surface area contributed by atoms with Gasteiger partial charge in [0.1, 0.15) is 5.76 Å². The molecule has 0 spiro atoms. The van der Waals surface area contributed by atoms with Gasteiger partial charge in [0.25, 0.3) is 0 Å². The molecule has 0 aliphatic carbocycles. The second-order valence-electron chi connectivity index (χ2n) is 2.41. The molecule has 1 aromatic heterocycles. The predicted molar refractivity (Wildman–Crippen MR) is 34.2 cm³/mol. The largest absolute Gasteiger partial charge is 0.360 e. The van der Waals surface area contributed by atoms with Gasteiger partial charge in [0.05, 0.1) is 11.8 Å². The fourth-order valence-electron chi connectivity index (χ4n) is 0.591. The molecule has 0 amide bonds. The molecular formula is C7H10NO. The maximum atomic E-state index is 4.92. The highest BCUT2D eigenvalue weighted by atomic mass is 16.5. The molecule has 0 bridgehead atoms. The van der Waals surface area contributed by atoms with Gasteiger partial charge in [-0.25, -0.2) is 0 Å². The molecule has 0 atom stereocenters. The number of hydrogen-bond acceptors (Lipinski definition) is 2. The van der Waals surface area contributed by atoms with E-state index in [0.717, 1.165) is 11.5 Å². The molecule has 1 heterocycles. The lowest BCUT2D eigenvalue weighted by molar-refractivity contribution is 0.367. The van der Waals surface area contributed by atoms with Crippen LogP contribution in [0.15, 0.2) is 4.52 Å². The number of aryl methyl sites for hydroxylation is 1. The van der Waals surface area contributed by atoms with Crippen LogP contribution in [0.4, 0.5) is 0 Å². The first-order chi connectivity index (χ1) is 4.20. The van der Waals surface area contributed by atoms with Crippen molar-refractivity contribution in [2.75, 3.05) is 0 Å². The van der Waals surface area contributed by atoms with Crippen LogP contribution in [0.25, 0.3) is 0 Å². The monoisotopic (exact) mass is 124 g/mol. The van der Waals surface area contributed by atoms with Crippen LogP contribution < -0.4 is 0 Å². The molecule has 1 rings (SSSR count). The Hall–Kier alpha value is -0.790. The first-order valence-corrected chi connectivity index (χ1v) is 3.05. The second-order valence-corrected chi connectivity index (χ2v) is 2.41. The summed E-state index contributed by atoms with van der Waals surface area (Å²) in [6.45, 7) is 5.97. The molecule has 0 aromatic carbocycles. The average molecular weight is 124 g/mol. The lowest BCUT2D eigenvalue weighted by atomic mass is 10.1. The van der Waals surface area contributed by atoms with Crippen molar-refractivity contribution in [2.24, 2.45) is 0 Å². The van der Waals surface area contributed by atoms with Crippen molar-refractivity contribution >= 4 is 0 Å². The highest BCUT2D eigenvalue weighted by molar-refractivity contribution is 5.03. The van der Waals surface area contributed by atoms with Gasteiger partial charge in [-0.05, 0) is 6.92 Å². The Morgan fingerprint density at radius 1 is 1.56 bits per heavy atom. The zero-order valence-electron chi connectivity index (χ0n) is 5.93. The predicted octanol–water partition coefficient (Wildman–Crippen LogP) is 1.91. The number of aromatic nitrogens is 1. The van der Waals surface area contributed by atoms with Crippen molar-refractivity contribution in [3.8, 4) is 0 Å². The van der Waals surface area contributed by atoms with E-state index in [2.05, 4.69) is 25.1 Å². The van der Waals surface area contributed by atoms with Crippen molar-refractivity contribution in [1.82, 2.24) is 5.16 Å². The Kier molecular flexibility index (Phi) is 1.56. The van der Waals surface area contributed by atoms with Crippen LogP contribution in [0.3, 0.4) is 0 Å². The van der Waals surface area contributed by atoms with Gasteiger partial charge in [0.2, 0.25) is 0 Å². The summed E-state index contributed by atoms with van der Waals surface area (Å²) in [6, 6.07) is 3.00. The van der Waals surface area contributed by atoms with Crippen LogP contribution in [0, 0.1) is 13.0 Å². The maximum Gasteiger partial charge on any atom is 0.147 e. The molecule has 2 heteroatoms. The second kappa shape index (κ2) is 2.21. The molecule has 0 aliphatic heterocycles.